The Kier molecular flexibility index (Phi) is 5.61. The van der Waals surface area contributed by atoms with Crippen LogP contribution >= 0.6 is 0 Å². The van der Waals surface area contributed by atoms with Crippen molar-refractivity contribution in [3.05, 3.63) is 12.2 Å². The van der Waals surface area contributed by atoms with E-state index in [-0.39, 0.29) is 18.7 Å². The normalized spacial score (nSPS) is 28.3. The van der Waals surface area contributed by atoms with Crippen molar-refractivity contribution in [3.8, 4) is 0 Å². The molecule has 0 saturated carbocycles. The van der Waals surface area contributed by atoms with Crippen LogP contribution in [0.1, 0.15) is 26.2 Å². The highest BCUT2D eigenvalue weighted by Crippen LogP contribution is 2.21. The second kappa shape index (κ2) is 7.45. The average Bonchev–Trinajstić information content (AvgIpc) is 2.96. The molecule has 0 aromatic carbocycles. The standard InChI is InChI=1S/C15H24N2O4/c1-2-17(13-10-21-9-12(13)14(18)19)15(20)16-8-11-6-4-3-5-7-11/h3-4,11-13H,2,5-10H2,1H3,(H,16,20)(H,18,19). The lowest BCUT2D eigenvalue weighted by atomic mass is 9.94. The molecule has 3 unspecified atom stereocenters. The van der Waals surface area contributed by atoms with Crippen LogP contribution in [0.15, 0.2) is 12.2 Å². The zero-order valence-electron chi connectivity index (χ0n) is 12.5. The van der Waals surface area contributed by atoms with Crippen LogP contribution in [0.5, 0.6) is 0 Å². The highest BCUT2D eigenvalue weighted by Gasteiger charge is 2.39. The first kappa shape index (κ1) is 15.8. The van der Waals surface area contributed by atoms with Crippen molar-refractivity contribution in [2.45, 2.75) is 32.2 Å². The lowest BCUT2D eigenvalue weighted by molar-refractivity contribution is -0.142. The van der Waals surface area contributed by atoms with E-state index in [1.165, 1.54) is 0 Å². The van der Waals surface area contributed by atoms with E-state index < -0.39 is 11.9 Å². The van der Waals surface area contributed by atoms with E-state index in [0.717, 1.165) is 19.3 Å². The van der Waals surface area contributed by atoms with Crippen LogP contribution in [0.2, 0.25) is 0 Å². The van der Waals surface area contributed by atoms with E-state index >= 15 is 0 Å². The van der Waals surface area contributed by atoms with Gasteiger partial charge in [0.05, 0.1) is 19.3 Å². The molecule has 0 spiro atoms. The molecule has 6 heteroatoms. The van der Waals surface area contributed by atoms with Crippen LogP contribution in [0.25, 0.3) is 0 Å². The van der Waals surface area contributed by atoms with E-state index in [2.05, 4.69) is 17.5 Å². The lowest BCUT2D eigenvalue weighted by Crippen LogP contribution is -2.51. The van der Waals surface area contributed by atoms with Crippen molar-refractivity contribution in [2.75, 3.05) is 26.3 Å². The summed E-state index contributed by atoms with van der Waals surface area (Å²) >= 11 is 0. The first-order valence-electron chi connectivity index (χ1n) is 7.63. The summed E-state index contributed by atoms with van der Waals surface area (Å²) in [7, 11) is 0. The number of nitrogens with zero attached hydrogens (tertiary/aromatic N) is 1. The summed E-state index contributed by atoms with van der Waals surface area (Å²) in [5.41, 5.74) is 0. The summed E-state index contributed by atoms with van der Waals surface area (Å²) in [5.74, 6) is -1.05. The molecule has 21 heavy (non-hydrogen) atoms. The van der Waals surface area contributed by atoms with Crippen molar-refractivity contribution in [1.82, 2.24) is 10.2 Å². The van der Waals surface area contributed by atoms with Gasteiger partial charge in [0.15, 0.2) is 0 Å². The predicted molar refractivity (Wildman–Crippen MR) is 78.0 cm³/mol. The quantitative estimate of drug-likeness (QED) is 0.753. The van der Waals surface area contributed by atoms with E-state index in [0.29, 0.717) is 25.6 Å². The Balaban J connectivity index is 1.88. The minimum Gasteiger partial charge on any atom is -0.481 e. The number of allylic oxidation sites excluding steroid dienone is 2. The number of hydrogen-bond acceptors (Lipinski definition) is 3. The SMILES string of the molecule is CCN(C(=O)NCC1CC=CCC1)C1COCC1C(=O)O. The number of aliphatic carboxylic acids is 1. The molecule has 2 amide bonds. The third kappa shape index (κ3) is 3.97. The van der Waals surface area contributed by atoms with E-state index in [1.54, 1.807) is 4.90 Å². The third-order valence-corrected chi connectivity index (χ3v) is 4.29. The topological polar surface area (TPSA) is 78.9 Å². The zero-order chi connectivity index (χ0) is 15.2. The number of rotatable bonds is 5. The molecule has 6 nitrogen and oxygen atoms in total. The van der Waals surface area contributed by atoms with Crippen LogP contribution < -0.4 is 5.32 Å². The molecule has 2 aliphatic rings. The van der Waals surface area contributed by atoms with Gasteiger partial charge in [0.25, 0.3) is 0 Å². The van der Waals surface area contributed by atoms with Gasteiger partial charge in [-0.1, -0.05) is 12.2 Å². The van der Waals surface area contributed by atoms with E-state index in [1.807, 2.05) is 6.92 Å². The number of carbonyl (C=O) groups excluding carboxylic acids is 1. The van der Waals surface area contributed by atoms with Crippen LogP contribution in [0, 0.1) is 11.8 Å². The molecule has 2 rings (SSSR count). The Bertz CT molecular complexity index is 410. The molecule has 0 radical (unpaired) electrons. The summed E-state index contributed by atoms with van der Waals surface area (Å²) in [4.78, 5) is 25.1. The van der Waals surface area contributed by atoms with Crippen molar-refractivity contribution < 1.29 is 19.4 Å². The van der Waals surface area contributed by atoms with Crippen molar-refractivity contribution in [1.29, 1.82) is 0 Å². The van der Waals surface area contributed by atoms with Gasteiger partial charge in [0.2, 0.25) is 0 Å². The van der Waals surface area contributed by atoms with Gasteiger partial charge in [-0.3, -0.25) is 4.79 Å². The van der Waals surface area contributed by atoms with Crippen LogP contribution in [-0.4, -0.2) is 54.4 Å². The van der Waals surface area contributed by atoms with Gasteiger partial charge in [0, 0.05) is 13.1 Å². The number of carboxylic acid groups (broad SMARTS) is 1. The number of amides is 2. The van der Waals surface area contributed by atoms with E-state index in [9.17, 15) is 14.7 Å². The number of likely N-dealkylation sites (N-methyl/N-ethyl adjacent to an activating group) is 1. The largest absolute Gasteiger partial charge is 0.481 e. The summed E-state index contributed by atoms with van der Waals surface area (Å²) < 4.78 is 5.25. The zero-order valence-corrected chi connectivity index (χ0v) is 12.5. The fourth-order valence-electron chi connectivity index (χ4n) is 2.99. The molecule has 0 aromatic rings. The Morgan fingerprint density at radius 2 is 2.19 bits per heavy atom. The molecule has 3 atom stereocenters. The van der Waals surface area contributed by atoms with Gasteiger partial charge in [-0.2, -0.15) is 0 Å². The summed E-state index contributed by atoms with van der Waals surface area (Å²) in [6.07, 6.45) is 7.48. The first-order valence-corrected chi connectivity index (χ1v) is 7.63. The number of hydrogen-bond donors (Lipinski definition) is 2. The molecule has 0 aromatic heterocycles. The predicted octanol–water partition coefficient (Wildman–Crippen LogP) is 1.47. The van der Waals surface area contributed by atoms with Crippen molar-refractivity contribution in [3.63, 3.8) is 0 Å². The van der Waals surface area contributed by atoms with E-state index in [4.69, 9.17) is 4.74 Å². The van der Waals surface area contributed by atoms with Gasteiger partial charge in [0.1, 0.15) is 5.92 Å². The Morgan fingerprint density at radius 3 is 2.81 bits per heavy atom. The molecule has 1 aliphatic carbocycles. The molecular weight excluding hydrogens is 272 g/mol. The summed E-state index contributed by atoms with van der Waals surface area (Å²) in [5, 5.41) is 12.1. The van der Waals surface area contributed by atoms with Crippen molar-refractivity contribution in [2.24, 2.45) is 11.8 Å². The first-order chi connectivity index (χ1) is 10.1. The summed E-state index contributed by atoms with van der Waals surface area (Å²) in [6.45, 7) is 3.46. The third-order valence-electron chi connectivity index (χ3n) is 4.29. The van der Waals surface area contributed by atoms with Crippen LogP contribution in [-0.2, 0) is 9.53 Å². The Labute approximate surface area is 125 Å². The van der Waals surface area contributed by atoms with Crippen LogP contribution in [0.4, 0.5) is 4.79 Å². The highest BCUT2D eigenvalue weighted by atomic mass is 16.5. The lowest BCUT2D eigenvalue weighted by Gasteiger charge is -2.30. The van der Waals surface area contributed by atoms with Gasteiger partial charge >= 0.3 is 12.0 Å². The maximum atomic E-state index is 12.3. The van der Waals surface area contributed by atoms with Gasteiger partial charge in [-0.05, 0) is 32.1 Å². The Morgan fingerprint density at radius 1 is 1.38 bits per heavy atom. The maximum absolute atomic E-state index is 12.3. The second-order valence-electron chi connectivity index (χ2n) is 5.67. The summed E-state index contributed by atoms with van der Waals surface area (Å²) in [6, 6.07) is -0.562. The van der Waals surface area contributed by atoms with Gasteiger partial charge in [-0.25, -0.2) is 4.79 Å². The molecule has 2 N–H and O–H groups in total. The number of urea groups is 1. The molecule has 1 heterocycles. The molecular formula is C15H24N2O4. The smallest absolute Gasteiger partial charge is 0.317 e. The second-order valence-corrected chi connectivity index (χ2v) is 5.67. The fraction of sp³-hybridized carbons (Fsp3) is 0.733. The number of carbonyl (C=O) groups is 2. The Hall–Kier alpha value is -1.56. The van der Waals surface area contributed by atoms with Gasteiger partial charge in [-0.15, -0.1) is 0 Å². The molecule has 1 fully saturated rings. The monoisotopic (exact) mass is 296 g/mol. The minimum atomic E-state index is -0.902. The number of nitrogens with one attached hydrogen (secondary N) is 1. The molecule has 118 valence electrons. The van der Waals surface area contributed by atoms with Crippen LogP contribution in [0.3, 0.4) is 0 Å². The average molecular weight is 296 g/mol. The molecule has 0 bridgehead atoms. The number of ether oxygens (including phenoxy) is 1. The molecule has 1 saturated heterocycles. The maximum Gasteiger partial charge on any atom is 0.317 e. The van der Waals surface area contributed by atoms with Crippen molar-refractivity contribution >= 4 is 12.0 Å². The highest BCUT2D eigenvalue weighted by molar-refractivity contribution is 5.77. The minimum absolute atomic E-state index is 0.178. The van der Waals surface area contributed by atoms with Gasteiger partial charge < -0.3 is 20.1 Å². The molecule has 1 aliphatic heterocycles. The fourth-order valence-corrected chi connectivity index (χ4v) is 2.99. The number of carboxylic acids is 1.